The monoisotopic (exact) mass is 478 g/mol. The summed E-state index contributed by atoms with van der Waals surface area (Å²) >= 11 is 0. The molecule has 1 saturated heterocycles. The number of hydrogen-bond donors (Lipinski definition) is 3. The molecule has 180 valence electrons. The van der Waals surface area contributed by atoms with E-state index in [0.29, 0.717) is 22.8 Å². The number of fused-ring (bicyclic) bond motifs is 1. The maximum atomic E-state index is 13.1. The van der Waals surface area contributed by atoms with Crippen LogP contribution in [0.15, 0.2) is 79.0 Å². The summed E-state index contributed by atoms with van der Waals surface area (Å²) in [7, 11) is 0. The Kier molecular flexibility index (Phi) is 6.03. The molecule has 1 aliphatic rings. The first kappa shape index (κ1) is 22.2. The van der Waals surface area contributed by atoms with E-state index in [-0.39, 0.29) is 5.91 Å². The van der Waals surface area contributed by atoms with Gasteiger partial charge in [-0.15, -0.1) is 0 Å². The van der Waals surface area contributed by atoms with Gasteiger partial charge in [0.2, 0.25) is 0 Å². The zero-order valence-corrected chi connectivity index (χ0v) is 19.7. The van der Waals surface area contributed by atoms with E-state index < -0.39 is 0 Å². The van der Waals surface area contributed by atoms with Crippen molar-refractivity contribution < 1.29 is 9.53 Å². The summed E-state index contributed by atoms with van der Waals surface area (Å²) in [6.07, 6.45) is 1.67. The van der Waals surface area contributed by atoms with Gasteiger partial charge in [0.25, 0.3) is 5.91 Å². The van der Waals surface area contributed by atoms with E-state index in [1.807, 2.05) is 54.6 Å². The van der Waals surface area contributed by atoms with Gasteiger partial charge in [0, 0.05) is 31.4 Å². The number of carbonyl (C=O) groups excluding carboxylic acids is 1. The predicted octanol–water partition coefficient (Wildman–Crippen LogP) is 4.70. The molecule has 3 heterocycles. The van der Waals surface area contributed by atoms with E-state index in [2.05, 4.69) is 37.5 Å². The molecular formula is C28H26N6O2. The molecule has 1 fully saturated rings. The highest BCUT2D eigenvalue weighted by Gasteiger charge is 2.17. The van der Waals surface area contributed by atoms with E-state index in [9.17, 15) is 4.79 Å². The highest BCUT2D eigenvalue weighted by Crippen LogP contribution is 2.27. The lowest BCUT2D eigenvalue weighted by atomic mass is 10.0. The van der Waals surface area contributed by atoms with Crippen LogP contribution in [0.25, 0.3) is 33.7 Å². The van der Waals surface area contributed by atoms with Crippen molar-refractivity contribution in [1.82, 2.24) is 25.1 Å². The number of benzene rings is 3. The highest BCUT2D eigenvalue weighted by molar-refractivity contribution is 6.06. The molecule has 1 amide bonds. The molecular weight excluding hydrogens is 452 g/mol. The van der Waals surface area contributed by atoms with Crippen LogP contribution in [-0.2, 0) is 11.3 Å². The van der Waals surface area contributed by atoms with Crippen molar-refractivity contribution in [3.8, 4) is 22.6 Å². The molecule has 0 bridgehead atoms. The van der Waals surface area contributed by atoms with Gasteiger partial charge in [0.15, 0.2) is 11.5 Å². The summed E-state index contributed by atoms with van der Waals surface area (Å²) < 4.78 is 5.45. The fourth-order valence-electron chi connectivity index (χ4n) is 4.51. The molecule has 0 aliphatic carbocycles. The van der Waals surface area contributed by atoms with Gasteiger partial charge in [-0.2, -0.15) is 5.10 Å². The molecule has 0 atom stereocenters. The summed E-state index contributed by atoms with van der Waals surface area (Å²) in [5.41, 5.74) is 6.74. The Bertz CT molecular complexity index is 1500. The first-order valence-corrected chi connectivity index (χ1v) is 12.0. The molecule has 5 aromatic rings. The topological polar surface area (TPSA) is 98.9 Å². The third kappa shape index (κ3) is 4.64. The highest BCUT2D eigenvalue weighted by atomic mass is 16.5. The molecule has 6 rings (SSSR count). The van der Waals surface area contributed by atoms with E-state index in [1.165, 1.54) is 5.56 Å². The third-order valence-electron chi connectivity index (χ3n) is 6.40. The van der Waals surface area contributed by atoms with Crippen molar-refractivity contribution in [2.45, 2.75) is 6.54 Å². The number of nitrogens with zero attached hydrogens (tertiary/aromatic N) is 3. The fourth-order valence-corrected chi connectivity index (χ4v) is 4.51. The summed E-state index contributed by atoms with van der Waals surface area (Å²) in [4.78, 5) is 23.6. The number of amides is 1. The number of anilines is 1. The van der Waals surface area contributed by atoms with Crippen molar-refractivity contribution in [2.75, 3.05) is 31.6 Å². The van der Waals surface area contributed by atoms with Crippen LogP contribution in [0.5, 0.6) is 0 Å². The molecule has 3 aromatic carbocycles. The minimum atomic E-state index is -0.209. The van der Waals surface area contributed by atoms with Crippen LogP contribution >= 0.6 is 0 Å². The molecule has 3 N–H and O–H groups in total. The fraction of sp³-hybridized carbons (Fsp3) is 0.179. The Morgan fingerprint density at radius 3 is 2.67 bits per heavy atom. The number of rotatable bonds is 6. The minimum Gasteiger partial charge on any atom is -0.379 e. The summed E-state index contributed by atoms with van der Waals surface area (Å²) in [5.74, 6) is 0.391. The Balaban J connectivity index is 1.22. The van der Waals surface area contributed by atoms with Gasteiger partial charge >= 0.3 is 0 Å². The quantitative estimate of drug-likeness (QED) is 0.328. The number of H-pyrrole nitrogens is 2. The van der Waals surface area contributed by atoms with Gasteiger partial charge in [-0.3, -0.25) is 14.8 Å². The number of ether oxygens (including phenoxy) is 1. The molecule has 8 heteroatoms. The molecule has 0 spiro atoms. The van der Waals surface area contributed by atoms with E-state index in [1.54, 1.807) is 12.3 Å². The third-order valence-corrected chi connectivity index (χ3v) is 6.40. The summed E-state index contributed by atoms with van der Waals surface area (Å²) in [5, 5.41) is 10.2. The average Bonchev–Trinajstić information content (AvgIpc) is 3.56. The molecule has 0 radical (unpaired) electrons. The van der Waals surface area contributed by atoms with Crippen LogP contribution < -0.4 is 5.32 Å². The Morgan fingerprint density at radius 2 is 1.81 bits per heavy atom. The molecule has 1 aliphatic heterocycles. The van der Waals surface area contributed by atoms with Gasteiger partial charge in [0.05, 0.1) is 29.9 Å². The number of aromatic amines is 2. The maximum absolute atomic E-state index is 13.1. The lowest BCUT2D eigenvalue weighted by Crippen LogP contribution is -2.35. The van der Waals surface area contributed by atoms with Crippen LogP contribution in [0.1, 0.15) is 15.9 Å². The average molecular weight is 479 g/mol. The number of imidazole rings is 1. The summed E-state index contributed by atoms with van der Waals surface area (Å²) in [6.45, 7) is 4.30. The van der Waals surface area contributed by atoms with Crippen LogP contribution in [0.2, 0.25) is 0 Å². The molecule has 8 nitrogen and oxygen atoms in total. The lowest BCUT2D eigenvalue weighted by Gasteiger charge is -2.26. The first-order chi connectivity index (χ1) is 17.7. The van der Waals surface area contributed by atoms with Crippen molar-refractivity contribution in [3.63, 3.8) is 0 Å². The number of hydrogen-bond acceptors (Lipinski definition) is 5. The smallest absolute Gasteiger partial charge is 0.255 e. The summed E-state index contributed by atoms with van der Waals surface area (Å²) in [6, 6.07) is 23.8. The van der Waals surface area contributed by atoms with Crippen molar-refractivity contribution in [3.05, 3.63) is 90.1 Å². The number of carbonyl (C=O) groups is 1. The van der Waals surface area contributed by atoms with E-state index >= 15 is 0 Å². The number of aromatic nitrogens is 4. The Morgan fingerprint density at radius 1 is 0.972 bits per heavy atom. The van der Waals surface area contributed by atoms with Gasteiger partial charge in [-0.25, -0.2) is 4.98 Å². The van der Waals surface area contributed by atoms with Gasteiger partial charge in [-0.1, -0.05) is 48.5 Å². The van der Waals surface area contributed by atoms with E-state index in [0.717, 1.165) is 55.0 Å². The van der Waals surface area contributed by atoms with Crippen molar-refractivity contribution >= 4 is 22.6 Å². The van der Waals surface area contributed by atoms with Crippen molar-refractivity contribution in [2.24, 2.45) is 0 Å². The van der Waals surface area contributed by atoms with Gasteiger partial charge in [0.1, 0.15) is 0 Å². The predicted molar refractivity (Wildman–Crippen MR) is 140 cm³/mol. The molecule has 0 saturated carbocycles. The maximum Gasteiger partial charge on any atom is 0.255 e. The number of morpholine rings is 1. The second kappa shape index (κ2) is 9.77. The van der Waals surface area contributed by atoms with Crippen molar-refractivity contribution in [1.29, 1.82) is 0 Å². The second-order valence-corrected chi connectivity index (χ2v) is 8.87. The second-order valence-electron chi connectivity index (χ2n) is 8.87. The van der Waals surface area contributed by atoms with E-state index in [4.69, 9.17) is 9.72 Å². The molecule has 0 unspecified atom stereocenters. The SMILES string of the molecule is O=C(Nc1c[nH]nc1-c1nc2cc(CN3CCOCC3)ccc2[nH]1)c1cccc(-c2ccccc2)c1. The molecule has 36 heavy (non-hydrogen) atoms. The largest absolute Gasteiger partial charge is 0.379 e. The standard InChI is InChI=1S/C28H26N6O2/c35-28(22-8-4-7-21(16-22)20-5-2-1-3-6-20)32-25-17-29-33-26(25)27-30-23-10-9-19(15-24(23)31-27)18-34-11-13-36-14-12-34/h1-10,15-17H,11-14,18H2,(H,29,33)(H,30,31)(H,32,35). The Labute approximate surface area is 208 Å². The zero-order valence-electron chi connectivity index (χ0n) is 19.7. The van der Waals surface area contributed by atoms with Crippen LogP contribution in [0.4, 0.5) is 5.69 Å². The minimum absolute atomic E-state index is 0.209. The lowest BCUT2D eigenvalue weighted by molar-refractivity contribution is 0.0342. The number of nitrogens with one attached hydrogen (secondary N) is 3. The van der Waals surface area contributed by atoms with Crippen LogP contribution in [0.3, 0.4) is 0 Å². The normalized spacial score (nSPS) is 14.2. The van der Waals surface area contributed by atoms with Gasteiger partial charge in [-0.05, 0) is 41.0 Å². The van der Waals surface area contributed by atoms with Crippen LogP contribution in [0, 0.1) is 0 Å². The van der Waals surface area contributed by atoms with Crippen LogP contribution in [-0.4, -0.2) is 57.3 Å². The van der Waals surface area contributed by atoms with Gasteiger partial charge < -0.3 is 15.0 Å². The first-order valence-electron chi connectivity index (χ1n) is 12.0. The molecule has 2 aromatic heterocycles. The zero-order chi connectivity index (χ0) is 24.3. The Hall–Kier alpha value is -4.27.